The van der Waals surface area contributed by atoms with Crippen molar-refractivity contribution < 1.29 is 38.4 Å². The topological polar surface area (TPSA) is 125 Å². The summed E-state index contributed by atoms with van der Waals surface area (Å²) < 4.78 is 29.3. The molecule has 0 radical (unpaired) electrons. The molecule has 1 aliphatic rings. The number of hydrogen-bond donors (Lipinski definition) is 2. The number of carbonyl (C=O) groups is 2. The van der Waals surface area contributed by atoms with Gasteiger partial charge in [0.05, 0.1) is 49.3 Å². The molecule has 1 aliphatic heterocycles. The number of methoxy groups -OCH3 is 1. The third-order valence-electron chi connectivity index (χ3n) is 7.79. The van der Waals surface area contributed by atoms with Gasteiger partial charge in [0.25, 0.3) is 5.91 Å². The fourth-order valence-electron chi connectivity index (χ4n) is 5.43. The third-order valence-corrected chi connectivity index (χ3v) is 8.86. The third kappa shape index (κ3) is 8.82. The van der Waals surface area contributed by atoms with Crippen LogP contribution in [0.5, 0.6) is 0 Å². The first-order chi connectivity index (χ1) is 22.9. The maximum Gasteiger partial charge on any atom is 0.337 e. The fourth-order valence-corrected chi connectivity index (χ4v) is 6.50. The van der Waals surface area contributed by atoms with Crippen LogP contribution in [-0.2, 0) is 28.5 Å². The van der Waals surface area contributed by atoms with Crippen LogP contribution in [0.2, 0.25) is 0 Å². The highest BCUT2D eigenvalue weighted by molar-refractivity contribution is 7.21. The molecule has 11 heteroatoms. The van der Waals surface area contributed by atoms with E-state index in [4.69, 9.17) is 33.8 Å². The van der Waals surface area contributed by atoms with Crippen molar-refractivity contribution in [3.63, 3.8) is 0 Å². The Morgan fingerprint density at radius 1 is 0.979 bits per heavy atom. The number of aryl methyl sites for hydroxylation is 1. The van der Waals surface area contributed by atoms with Crippen molar-refractivity contribution in [3.05, 3.63) is 95.3 Å². The number of hydrogen-bond acceptors (Lipinski definition) is 10. The molecule has 248 valence electrons. The van der Waals surface area contributed by atoms with Crippen molar-refractivity contribution in [2.75, 3.05) is 52.1 Å². The van der Waals surface area contributed by atoms with Gasteiger partial charge in [0, 0.05) is 36.3 Å². The number of nitrogens with zero attached hydrogens (tertiary/aromatic N) is 1. The summed E-state index contributed by atoms with van der Waals surface area (Å²) in [6.45, 7) is 5.71. The second-order valence-electron chi connectivity index (χ2n) is 11.0. The minimum absolute atomic E-state index is 0.0383. The molecule has 0 bridgehead atoms. The van der Waals surface area contributed by atoms with Crippen LogP contribution in [0.25, 0.3) is 20.8 Å². The van der Waals surface area contributed by atoms with Gasteiger partial charge >= 0.3 is 5.97 Å². The average molecular weight is 661 g/mol. The Labute approximate surface area is 278 Å². The molecule has 1 amide bonds. The van der Waals surface area contributed by atoms with Crippen molar-refractivity contribution in [2.24, 2.45) is 5.92 Å². The second-order valence-corrected chi connectivity index (χ2v) is 12.1. The summed E-state index contributed by atoms with van der Waals surface area (Å²) in [7, 11) is 1.34. The highest BCUT2D eigenvalue weighted by atomic mass is 32.1. The summed E-state index contributed by atoms with van der Waals surface area (Å²) in [4.78, 5) is 30.4. The Morgan fingerprint density at radius 3 is 2.43 bits per heavy atom. The zero-order chi connectivity index (χ0) is 33.2. The number of benzene rings is 3. The Kier molecular flexibility index (Phi) is 12.1. The van der Waals surface area contributed by atoms with E-state index in [9.17, 15) is 9.59 Å². The normalized spacial score (nSPS) is 17.6. The molecule has 4 aromatic rings. The monoisotopic (exact) mass is 660 g/mol. The summed E-state index contributed by atoms with van der Waals surface area (Å²) >= 11 is 1.63. The Balaban J connectivity index is 1.34. The number of aliphatic hydroxyl groups excluding tert-OH is 1. The molecule has 5 rings (SSSR count). The summed E-state index contributed by atoms with van der Waals surface area (Å²) in [6.07, 6.45) is 1.67. The van der Waals surface area contributed by atoms with E-state index in [1.807, 2.05) is 55.5 Å². The van der Waals surface area contributed by atoms with Crippen LogP contribution in [0.3, 0.4) is 0 Å². The summed E-state index contributed by atoms with van der Waals surface area (Å²) in [5.74, 6) is -1.14. The van der Waals surface area contributed by atoms with Gasteiger partial charge in [0.15, 0.2) is 5.76 Å². The average Bonchev–Trinajstić information content (AvgIpc) is 3.51. The van der Waals surface area contributed by atoms with Crippen molar-refractivity contribution in [1.82, 2.24) is 4.98 Å². The Hall–Kier alpha value is -4.13. The predicted octanol–water partition coefficient (Wildman–Crippen LogP) is 6.09. The molecule has 0 aliphatic carbocycles. The first kappa shape index (κ1) is 34.2. The molecule has 0 spiro atoms. The minimum atomic E-state index is -0.713. The number of aromatic nitrogens is 1. The quantitative estimate of drug-likeness (QED) is 0.115. The molecule has 3 aromatic carbocycles. The molecular weight excluding hydrogens is 620 g/mol. The largest absolute Gasteiger partial charge is 0.465 e. The van der Waals surface area contributed by atoms with Crippen molar-refractivity contribution in [2.45, 2.75) is 32.5 Å². The van der Waals surface area contributed by atoms with E-state index in [1.54, 1.807) is 23.5 Å². The van der Waals surface area contributed by atoms with Gasteiger partial charge < -0.3 is 34.1 Å². The molecule has 0 unspecified atom stereocenters. The van der Waals surface area contributed by atoms with Crippen molar-refractivity contribution in [3.8, 4) is 10.6 Å². The number of amides is 1. The van der Waals surface area contributed by atoms with E-state index < -0.39 is 18.2 Å². The fraction of sp³-hybridized carbons (Fsp3) is 0.361. The van der Waals surface area contributed by atoms with Crippen LogP contribution in [0, 0.1) is 12.8 Å². The van der Waals surface area contributed by atoms with Crippen LogP contribution >= 0.6 is 11.3 Å². The number of allylic oxidation sites excluding steroid dienone is 1. The van der Waals surface area contributed by atoms with Gasteiger partial charge in [-0.2, -0.15) is 0 Å². The number of carbonyl (C=O) groups excluding carboxylic acids is 2. The predicted molar refractivity (Wildman–Crippen MR) is 180 cm³/mol. The molecule has 2 N–H and O–H groups in total. The van der Waals surface area contributed by atoms with Gasteiger partial charge in [-0.3, -0.25) is 4.79 Å². The first-order valence-corrected chi connectivity index (χ1v) is 16.5. The lowest BCUT2D eigenvalue weighted by Crippen LogP contribution is -2.38. The van der Waals surface area contributed by atoms with Gasteiger partial charge in [-0.15, -0.1) is 11.3 Å². The number of fused-ring (bicyclic) bond motifs is 1. The summed E-state index contributed by atoms with van der Waals surface area (Å²) in [5.41, 5.74) is 5.06. The van der Waals surface area contributed by atoms with Crippen LogP contribution < -0.4 is 5.32 Å². The lowest BCUT2D eigenvalue weighted by molar-refractivity contribution is -0.166. The van der Waals surface area contributed by atoms with Gasteiger partial charge in [-0.25, -0.2) is 9.78 Å². The SMILES string of the molecule is CCO[C@H]1OC(C(=O)Nc2ccc(-c3nc4ccc(C)cc4s3)cc2)=C[C@@H](c2ccc(C(=O)OC)cc2)[C@@H]1CCOCCOCCO. The standard InChI is InChI=1S/C36H40N2O8S/c1-4-45-36-28(15-17-43-19-20-44-18-16-39)29(24-6-8-26(9-7-24)35(41)42-3)22-31(46-36)33(40)37-27-12-10-25(11-13-27)34-38-30-14-5-23(2)21-32(30)47-34/h5-14,21-22,28-29,36,39H,4,15-20H2,1-3H3,(H,37,40)/t28-,29-,36-/m0/s1. The Bertz CT molecular complexity index is 1670. The van der Waals surface area contributed by atoms with Gasteiger partial charge in [0.1, 0.15) is 5.01 Å². The van der Waals surface area contributed by atoms with E-state index in [0.717, 1.165) is 26.4 Å². The zero-order valence-electron chi connectivity index (χ0n) is 26.8. The molecule has 47 heavy (non-hydrogen) atoms. The molecule has 1 aromatic heterocycles. The molecule has 10 nitrogen and oxygen atoms in total. The second kappa shape index (κ2) is 16.6. The van der Waals surface area contributed by atoms with E-state index in [1.165, 1.54) is 12.7 Å². The maximum atomic E-state index is 13.6. The lowest BCUT2D eigenvalue weighted by Gasteiger charge is -2.37. The number of anilines is 1. The number of ether oxygens (including phenoxy) is 5. The summed E-state index contributed by atoms with van der Waals surface area (Å²) in [5, 5.41) is 12.8. The number of rotatable bonds is 15. The van der Waals surface area contributed by atoms with Crippen LogP contribution in [0.4, 0.5) is 5.69 Å². The van der Waals surface area contributed by atoms with E-state index in [2.05, 4.69) is 24.4 Å². The van der Waals surface area contributed by atoms with Crippen molar-refractivity contribution >= 4 is 39.1 Å². The van der Waals surface area contributed by atoms with E-state index >= 15 is 0 Å². The molecule has 0 saturated heterocycles. The molecule has 0 fully saturated rings. The maximum absolute atomic E-state index is 13.6. The number of aliphatic hydroxyl groups is 1. The summed E-state index contributed by atoms with van der Waals surface area (Å²) in [6, 6.07) is 20.9. The number of nitrogens with one attached hydrogen (secondary N) is 1. The minimum Gasteiger partial charge on any atom is -0.465 e. The van der Waals surface area contributed by atoms with E-state index in [0.29, 0.717) is 44.1 Å². The molecule has 2 heterocycles. The highest BCUT2D eigenvalue weighted by Gasteiger charge is 2.38. The molecule has 3 atom stereocenters. The number of thiazole rings is 1. The van der Waals surface area contributed by atoms with Gasteiger partial charge in [-0.1, -0.05) is 18.2 Å². The first-order valence-electron chi connectivity index (χ1n) is 15.6. The zero-order valence-corrected chi connectivity index (χ0v) is 27.6. The smallest absolute Gasteiger partial charge is 0.337 e. The van der Waals surface area contributed by atoms with Gasteiger partial charge in [-0.05, 0) is 86.0 Å². The van der Waals surface area contributed by atoms with E-state index in [-0.39, 0.29) is 30.8 Å². The molecular formula is C36H40N2O8S. The molecule has 0 saturated carbocycles. The Morgan fingerprint density at radius 2 is 1.72 bits per heavy atom. The van der Waals surface area contributed by atoms with Crippen LogP contribution in [-0.4, -0.2) is 75.0 Å². The lowest BCUT2D eigenvalue weighted by atomic mass is 9.81. The van der Waals surface area contributed by atoms with Crippen LogP contribution in [0.1, 0.15) is 40.7 Å². The number of esters is 1. The highest BCUT2D eigenvalue weighted by Crippen LogP contribution is 2.39. The van der Waals surface area contributed by atoms with Gasteiger partial charge in [0.2, 0.25) is 6.29 Å². The van der Waals surface area contributed by atoms with Crippen LogP contribution in [0.15, 0.2) is 78.6 Å². The van der Waals surface area contributed by atoms with Crippen molar-refractivity contribution in [1.29, 1.82) is 0 Å².